The molecule has 4 aliphatic carbocycles. The normalized spacial score (nSPS) is 21.2. The monoisotopic (exact) mass is 1120 g/mol. The molecule has 4 saturated carbocycles. The summed E-state index contributed by atoms with van der Waals surface area (Å²) in [6.07, 6.45) is -0.123. The van der Waals surface area contributed by atoms with Crippen LogP contribution in [0.3, 0.4) is 0 Å². The molecule has 4 aliphatic rings. The molecule has 0 saturated heterocycles. The third-order valence-electron chi connectivity index (χ3n) is 13.9. The van der Waals surface area contributed by atoms with Gasteiger partial charge in [-0.25, -0.2) is 8.42 Å². The number of carbonyl (C=O) groups excluding carboxylic acids is 4. The maximum absolute atomic E-state index is 13.3. The van der Waals surface area contributed by atoms with Gasteiger partial charge in [-0.1, -0.05) is 55.4 Å². The van der Waals surface area contributed by atoms with Crippen LogP contribution in [0, 0.1) is 33.5 Å². The van der Waals surface area contributed by atoms with Gasteiger partial charge >= 0.3 is 81.4 Å². The summed E-state index contributed by atoms with van der Waals surface area (Å²) in [7, 11) is -8.44. The Hall–Kier alpha value is -0.470. The minimum atomic E-state index is -5.27. The molecule has 4 bridgehead atoms. The number of unbranched alkanes of at least 4 members (excludes halogenated alkanes) is 1. The number of rotatable bonds is 27. The van der Waals surface area contributed by atoms with Crippen molar-refractivity contribution in [3.63, 3.8) is 0 Å². The van der Waals surface area contributed by atoms with Crippen molar-refractivity contribution in [2.75, 3.05) is 45.4 Å². The molecular weight excluding hydrogens is 1020 g/mol. The van der Waals surface area contributed by atoms with Gasteiger partial charge in [0.1, 0.15) is 12.2 Å². The van der Waals surface area contributed by atoms with E-state index in [0.717, 1.165) is 31.7 Å². The summed E-state index contributed by atoms with van der Waals surface area (Å²) >= 11 is 0. The van der Waals surface area contributed by atoms with Crippen molar-refractivity contribution in [1.82, 2.24) is 0 Å². The SMILES string of the molecule is C.C.CCC(C)(C)C(=O)OC12CC3CC(C1)CC(C(=O)OC(CS(=O)(=O)[O-])C(F)(F)F)(C3)C2.CCCC[Si](C)(C)O[Si](C)(C)CCCOC(=O)C(C)(C)CC.CCOCCOCCOC(=O)C(C)(C)CC.[K+]. The Kier molecular flexibility index (Phi) is 34.1. The second-order valence-corrected chi connectivity index (χ2v) is 32.9. The predicted octanol–water partition coefficient (Wildman–Crippen LogP) is 9.20. The molecule has 4 rings (SSSR count). The van der Waals surface area contributed by atoms with Crippen molar-refractivity contribution >= 4 is 50.6 Å². The first kappa shape index (κ1) is 75.8. The van der Waals surface area contributed by atoms with Crippen molar-refractivity contribution in [3.05, 3.63) is 0 Å². The van der Waals surface area contributed by atoms with Crippen LogP contribution >= 0.6 is 0 Å². The molecule has 3 atom stereocenters. The molecule has 72 heavy (non-hydrogen) atoms. The molecule has 0 aromatic heterocycles. The molecular formula is C51H98F3KO14SSi2. The van der Waals surface area contributed by atoms with Gasteiger partial charge in [0.2, 0.25) is 6.10 Å². The topological polar surface area (TPSA) is 190 Å². The molecule has 0 aliphatic heterocycles. The molecule has 0 heterocycles. The van der Waals surface area contributed by atoms with Crippen LogP contribution in [0.4, 0.5) is 13.2 Å². The summed E-state index contributed by atoms with van der Waals surface area (Å²) < 4.78 is 110. The van der Waals surface area contributed by atoms with Gasteiger partial charge in [0, 0.05) is 13.0 Å². The van der Waals surface area contributed by atoms with Gasteiger partial charge in [-0.05, 0) is 156 Å². The van der Waals surface area contributed by atoms with Gasteiger partial charge in [0.15, 0.2) is 16.6 Å². The van der Waals surface area contributed by atoms with Crippen LogP contribution in [0.15, 0.2) is 0 Å². The molecule has 0 amide bonds. The Morgan fingerprint density at radius 3 is 1.53 bits per heavy atom. The number of ether oxygens (including phenoxy) is 6. The molecule has 422 valence electrons. The third-order valence-corrected chi connectivity index (χ3v) is 22.2. The van der Waals surface area contributed by atoms with E-state index in [4.69, 9.17) is 27.8 Å². The fraction of sp³-hybridized carbons (Fsp3) is 0.922. The van der Waals surface area contributed by atoms with Gasteiger partial charge in [-0.3, -0.25) is 19.2 Å². The van der Waals surface area contributed by atoms with Crippen molar-refractivity contribution in [2.24, 2.45) is 33.5 Å². The van der Waals surface area contributed by atoms with Crippen LogP contribution in [0.5, 0.6) is 0 Å². The van der Waals surface area contributed by atoms with E-state index in [-0.39, 0.29) is 102 Å². The van der Waals surface area contributed by atoms with E-state index >= 15 is 0 Å². The maximum atomic E-state index is 13.3. The molecule has 21 heteroatoms. The second-order valence-electron chi connectivity index (χ2n) is 22.6. The summed E-state index contributed by atoms with van der Waals surface area (Å²) in [5.41, 5.74) is -3.72. The molecule has 0 radical (unpaired) electrons. The molecule has 14 nitrogen and oxygen atoms in total. The first-order valence-corrected chi connectivity index (χ1v) is 32.9. The molecule has 0 aromatic carbocycles. The molecule has 4 fully saturated rings. The number of hydrogen-bond acceptors (Lipinski definition) is 14. The summed E-state index contributed by atoms with van der Waals surface area (Å²) in [5, 5.41) is 0. The zero-order valence-corrected chi connectivity index (χ0v) is 51.8. The minimum absolute atomic E-state index is 0. The Labute approximate surface area is 478 Å². The van der Waals surface area contributed by atoms with Crippen LogP contribution in [-0.2, 0) is 61.8 Å². The average molecular weight is 1120 g/mol. The summed E-state index contributed by atoms with van der Waals surface area (Å²) in [5.74, 6) is -3.68. The fourth-order valence-corrected chi connectivity index (χ4v) is 18.6. The Morgan fingerprint density at radius 1 is 0.667 bits per heavy atom. The van der Waals surface area contributed by atoms with E-state index in [2.05, 4.69) is 37.8 Å². The van der Waals surface area contributed by atoms with E-state index < -0.39 is 78.6 Å². The van der Waals surface area contributed by atoms with Crippen molar-refractivity contribution < 1.29 is 129 Å². The van der Waals surface area contributed by atoms with Crippen LogP contribution in [-0.4, -0.2) is 117 Å². The molecule has 0 aromatic rings. The van der Waals surface area contributed by atoms with Gasteiger partial charge < -0.3 is 37.1 Å². The first-order valence-electron chi connectivity index (χ1n) is 25.1. The second kappa shape index (κ2) is 32.4. The van der Waals surface area contributed by atoms with E-state index in [0.29, 0.717) is 71.7 Å². The Bertz CT molecular complexity index is 1730. The summed E-state index contributed by atoms with van der Waals surface area (Å²) in [6.45, 7) is 33.5. The van der Waals surface area contributed by atoms with Crippen LogP contribution in [0.2, 0.25) is 38.3 Å². The van der Waals surface area contributed by atoms with E-state index in [9.17, 15) is 45.3 Å². The first-order chi connectivity index (χ1) is 31.5. The summed E-state index contributed by atoms with van der Waals surface area (Å²) in [6, 6.07) is 2.31. The van der Waals surface area contributed by atoms with E-state index in [1.165, 1.54) is 18.9 Å². The van der Waals surface area contributed by atoms with Gasteiger partial charge in [0.05, 0.1) is 64.0 Å². The van der Waals surface area contributed by atoms with Gasteiger partial charge in [-0.15, -0.1) is 0 Å². The third kappa shape index (κ3) is 26.7. The fourth-order valence-electron chi connectivity index (χ4n) is 9.00. The number of hydrogen-bond donors (Lipinski definition) is 0. The molecule has 3 unspecified atom stereocenters. The van der Waals surface area contributed by atoms with Crippen LogP contribution < -0.4 is 51.4 Å². The number of esters is 4. The van der Waals surface area contributed by atoms with Gasteiger partial charge in [-0.2, -0.15) is 13.2 Å². The largest absolute Gasteiger partial charge is 1.00 e. The number of carbonyl (C=O) groups is 4. The summed E-state index contributed by atoms with van der Waals surface area (Å²) in [4.78, 5) is 49.2. The Morgan fingerprint density at radius 2 is 1.10 bits per heavy atom. The minimum Gasteiger partial charge on any atom is -0.748 e. The van der Waals surface area contributed by atoms with Crippen molar-refractivity contribution in [1.29, 1.82) is 0 Å². The van der Waals surface area contributed by atoms with E-state index in [1.54, 1.807) is 13.8 Å². The standard InChI is InChI=1S/C20H29F3O7S.C17H38O3Si2.C12H24O4.2CH4.K/c1-4-17(2,3)15(24)30-19-8-12-5-13(9-19)7-18(6-12,11-19)16(25)29-14(20(21,22)23)10-31(26,27)28;1-9-11-14-21(5,6)20-22(7,8)15-12-13-19-16(18)17(3,4)10-2;1-5-12(3,4)11(13)16-10-9-15-8-7-14-6-2;;;/h12-14H,4-11H2,1-3H3,(H,26,27,28);9-15H2,1-8H3;5-10H2,1-4H3;2*1H4;/q;;;;;+1/p-1. The van der Waals surface area contributed by atoms with Crippen molar-refractivity contribution in [3.8, 4) is 0 Å². The number of alkyl halides is 3. The average Bonchev–Trinajstić information content (AvgIpc) is 3.22. The quantitative estimate of drug-likeness (QED) is 0.0249. The maximum Gasteiger partial charge on any atom is 1.00 e. The zero-order chi connectivity index (χ0) is 53.3. The molecule has 0 spiro atoms. The Balaban J connectivity index is -0.00000103. The number of halogens is 3. The molecule has 0 N–H and O–H groups in total. The van der Waals surface area contributed by atoms with E-state index in [1.807, 2.05) is 55.4 Å². The van der Waals surface area contributed by atoms with Crippen LogP contribution in [0.1, 0.15) is 168 Å². The smallest absolute Gasteiger partial charge is 0.748 e. The van der Waals surface area contributed by atoms with Gasteiger partial charge in [0.25, 0.3) is 0 Å². The van der Waals surface area contributed by atoms with Crippen molar-refractivity contribution in [2.45, 2.75) is 224 Å². The zero-order valence-electron chi connectivity index (χ0n) is 45.8. The van der Waals surface area contributed by atoms with Crippen LogP contribution in [0.25, 0.3) is 0 Å². The predicted molar refractivity (Wildman–Crippen MR) is 277 cm³/mol.